The molecule has 2 N–H and O–H groups in total. The standard InChI is InChI=1S/C25H38N4/c1-15-4-6-19-17(12-15)5-7-21-20(19)10-11-25(3)22(8-9-23(21)25)16(2)29-24(27)18(13-26)14-28-29/h14-17,19-23H,4-12,27H2,1-3H3/t15-,16?,17+,19-,20+,21+,22+,23-,25+/m0/s1. The number of nitrogens with two attached hydrogens (primary N) is 1. The summed E-state index contributed by atoms with van der Waals surface area (Å²) in [5.74, 6) is 6.99. The largest absolute Gasteiger partial charge is 0.383 e. The minimum Gasteiger partial charge on any atom is -0.383 e. The maximum Gasteiger partial charge on any atom is 0.140 e. The van der Waals surface area contributed by atoms with Crippen molar-refractivity contribution in [2.75, 3.05) is 5.73 Å². The van der Waals surface area contributed by atoms with Gasteiger partial charge in [-0.2, -0.15) is 10.4 Å². The molecular weight excluding hydrogens is 356 g/mol. The number of nitrogens with zero attached hydrogens (tertiary/aromatic N) is 3. The maximum absolute atomic E-state index is 9.27. The average Bonchev–Trinajstić information content (AvgIpc) is 3.26. The van der Waals surface area contributed by atoms with E-state index in [9.17, 15) is 5.26 Å². The minimum absolute atomic E-state index is 0.274. The predicted molar refractivity (Wildman–Crippen MR) is 116 cm³/mol. The van der Waals surface area contributed by atoms with E-state index in [4.69, 9.17) is 5.73 Å². The van der Waals surface area contributed by atoms with E-state index in [2.05, 4.69) is 31.9 Å². The number of hydrogen-bond acceptors (Lipinski definition) is 3. The Balaban J connectivity index is 1.38. The van der Waals surface area contributed by atoms with Crippen molar-refractivity contribution in [3.8, 4) is 6.07 Å². The molecule has 0 radical (unpaired) electrons. The van der Waals surface area contributed by atoms with Gasteiger partial charge in [-0.25, -0.2) is 4.68 Å². The molecule has 29 heavy (non-hydrogen) atoms. The second-order valence-corrected chi connectivity index (χ2v) is 11.3. The third-order valence-corrected chi connectivity index (χ3v) is 10.2. The van der Waals surface area contributed by atoms with Gasteiger partial charge < -0.3 is 5.73 Å². The molecule has 0 bridgehead atoms. The topological polar surface area (TPSA) is 67.6 Å². The quantitative estimate of drug-likeness (QED) is 0.689. The lowest BCUT2D eigenvalue weighted by molar-refractivity contribution is -0.0723. The van der Waals surface area contributed by atoms with Gasteiger partial charge in [-0.05, 0) is 105 Å². The molecule has 0 spiro atoms. The van der Waals surface area contributed by atoms with E-state index >= 15 is 0 Å². The second-order valence-electron chi connectivity index (χ2n) is 11.3. The van der Waals surface area contributed by atoms with Gasteiger partial charge >= 0.3 is 0 Å². The van der Waals surface area contributed by atoms with E-state index in [0.29, 0.717) is 22.7 Å². The van der Waals surface area contributed by atoms with Crippen molar-refractivity contribution in [1.82, 2.24) is 9.78 Å². The van der Waals surface area contributed by atoms with E-state index in [-0.39, 0.29) is 6.04 Å². The first-order valence-electron chi connectivity index (χ1n) is 12.2. The van der Waals surface area contributed by atoms with Crippen molar-refractivity contribution in [2.45, 2.75) is 84.6 Å². The lowest BCUT2D eigenvalue weighted by Gasteiger charge is -2.56. The first-order valence-corrected chi connectivity index (χ1v) is 12.2. The van der Waals surface area contributed by atoms with Crippen LogP contribution in [0, 0.1) is 58.2 Å². The molecule has 5 rings (SSSR count). The van der Waals surface area contributed by atoms with Crippen LogP contribution in [-0.2, 0) is 0 Å². The van der Waals surface area contributed by atoms with Crippen LogP contribution in [0.2, 0.25) is 0 Å². The van der Waals surface area contributed by atoms with Crippen LogP contribution in [0.3, 0.4) is 0 Å². The number of hydrogen-bond donors (Lipinski definition) is 1. The number of nitrogen functional groups attached to an aromatic ring is 1. The molecule has 9 atom stereocenters. The predicted octanol–water partition coefficient (Wildman–Crippen LogP) is 5.80. The molecule has 0 aliphatic heterocycles. The normalized spacial score (nSPS) is 45.0. The highest BCUT2D eigenvalue weighted by molar-refractivity contribution is 5.47. The second kappa shape index (κ2) is 7.03. The van der Waals surface area contributed by atoms with Crippen LogP contribution < -0.4 is 5.73 Å². The Hall–Kier alpha value is -1.50. The maximum atomic E-state index is 9.27. The van der Waals surface area contributed by atoms with Gasteiger partial charge in [0.2, 0.25) is 0 Å². The van der Waals surface area contributed by atoms with Crippen LogP contribution in [0.5, 0.6) is 0 Å². The Labute approximate surface area is 176 Å². The molecule has 4 aliphatic carbocycles. The molecule has 0 aromatic carbocycles. The van der Waals surface area contributed by atoms with Crippen molar-refractivity contribution in [3.05, 3.63) is 11.8 Å². The Morgan fingerprint density at radius 2 is 1.93 bits per heavy atom. The van der Waals surface area contributed by atoms with Gasteiger partial charge in [-0.1, -0.05) is 20.3 Å². The highest BCUT2D eigenvalue weighted by Crippen LogP contribution is 2.66. The lowest BCUT2D eigenvalue weighted by Crippen LogP contribution is -2.49. The molecule has 0 amide bonds. The summed E-state index contributed by atoms with van der Waals surface area (Å²) in [6.07, 6.45) is 14.5. The van der Waals surface area contributed by atoms with Crippen molar-refractivity contribution in [1.29, 1.82) is 5.26 Å². The van der Waals surface area contributed by atoms with Crippen LogP contribution in [0.25, 0.3) is 0 Å². The summed E-state index contributed by atoms with van der Waals surface area (Å²) in [5, 5.41) is 13.8. The van der Waals surface area contributed by atoms with Gasteiger partial charge in [-0.3, -0.25) is 0 Å². The van der Waals surface area contributed by atoms with E-state index in [0.717, 1.165) is 35.5 Å². The smallest absolute Gasteiger partial charge is 0.140 e. The third-order valence-electron chi connectivity index (χ3n) is 10.2. The fourth-order valence-electron chi connectivity index (χ4n) is 8.87. The summed E-state index contributed by atoms with van der Waals surface area (Å²) in [6, 6.07) is 2.46. The van der Waals surface area contributed by atoms with Gasteiger partial charge in [0, 0.05) is 0 Å². The van der Waals surface area contributed by atoms with Crippen LogP contribution in [0.4, 0.5) is 5.82 Å². The fraction of sp³-hybridized carbons (Fsp3) is 0.840. The molecule has 158 valence electrons. The summed E-state index contributed by atoms with van der Waals surface area (Å²) < 4.78 is 1.95. The molecule has 0 saturated heterocycles. The zero-order valence-electron chi connectivity index (χ0n) is 18.5. The van der Waals surface area contributed by atoms with E-state index < -0.39 is 0 Å². The number of rotatable bonds is 2. The van der Waals surface area contributed by atoms with Gasteiger partial charge in [0.1, 0.15) is 17.5 Å². The molecule has 4 saturated carbocycles. The summed E-state index contributed by atoms with van der Waals surface area (Å²) in [4.78, 5) is 0. The first kappa shape index (κ1) is 19.5. The third kappa shape index (κ3) is 2.87. The minimum atomic E-state index is 0.274. The Morgan fingerprint density at radius 3 is 2.69 bits per heavy atom. The number of fused-ring (bicyclic) bond motifs is 5. The Morgan fingerprint density at radius 1 is 1.14 bits per heavy atom. The monoisotopic (exact) mass is 394 g/mol. The SMILES string of the molecule is CC([C@H]1CC[C@H]2[C@@H]3CC[C@@H]4C[C@@H](C)CC[C@@H]4[C@H]3CC[C@]12C)n1ncc(C#N)c1N. The highest BCUT2D eigenvalue weighted by Gasteiger charge is 2.58. The lowest BCUT2D eigenvalue weighted by atomic mass is 9.49. The molecule has 4 nitrogen and oxygen atoms in total. The number of aromatic nitrogens is 2. The van der Waals surface area contributed by atoms with Crippen LogP contribution in [-0.4, -0.2) is 9.78 Å². The Bertz CT molecular complexity index is 806. The van der Waals surface area contributed by atoms with E-state index in [1.807, 2.05) is 4.68 Å². The van der Waals surface area contributed by atoms with Crippen molar-refractivity contribution < 1.29 is 0 Å². The Kier molecular flexibility index (Phi) is 4.72. The molecule has 1 aromatic rings. The summed E-state index contributed by atoms with van der Waals surface area (Å²) in [6.45, 7) is 7.35. The van der Waals surface area contributed by atoms with Crippen molar-refractivity contribution in [2.24, 2.45) is 46.8 Å². The fourth-order valence-corrected chi connectivity index (χ4v) is 8.87. The van der Waals surface area contributed by atoms with E-state index in [1.54, 1.807) is 6.20 Å². The van der Waals surface area contributed by atoms with Gasteiger partial charge in [0.15, 0.2) is 0 Å². The summed E-state index contributed by atoms with van der Waals surface area (Å²) >= 11 is 0. The molecule has 4 fully saturated rings. The average molecular weight is 395 g/mol. The van der Waals surface area contributed by atoms with Crippen LogP contribution in [0.1, 0.15) is 90.2 Å². The molecular formula is C25H38N4. The first-order chi connectivity index (χ1) is 13.9. The zero-order chi connectivity index (χ0) is 20.3. The number of nitriles is 1. The van der Waals surface area contributed by atoms with E-state index in [1.165, 1.54) is 57.8 Å². The molecule has 1 aromatic heterocycles. The molecule has 4 heteroatoms. The summed E-state index contributed by atoms with van der Waals surface area (Å²) in [5.41, 5.74) is 7.18. The van der Waals surface area contributed by atoms with Gasteiger partial charge in [0.25, 0.3) is 0 Å². The van der Waals surface area contributed by atoms with Crippen molar-refractivity contribution in [3.63, 3.8) is 0 Å². The van der Waals surface area contributed by atoms with Gasteiger partial charge in [-0.15, -0.1) is 0 Å². The van der Waals surface area contributed by atoms with Crippen molar-refractivity contribution >= 4 is 5.82 Å². The summed E-state index contributed by atoms with van der Waals surface area (Å²) in [7, 11) is 0. The molecule has 4 aliphatic rings. The highest BCUT2D eigenvalue weighted by atomic mass is 15.3. The van der Waals surface area contributed by atoms with Crippen LogP contribution in [0.15, 0.2) is 6.20 Å². The molecule has 1 unspecified atom stereocenters. The number of anilines is 1. The van der Waals surface area contributed by atoms with Crippen LogP contribution >= 0.6 is 0 Å². The zero-order valence-corrected chi connectivity index (χ0v) is 18.5. The van der Waals surface area contributed by atoms with Gasteiger partial charge in [0.05, 0.1) is 12.2 Å². The molecule has 1 heterocycles.